The van der Waals surface area contributed by atoms with Gasteiger partial charge in [-0.05, 0) is 55.8 Å². The van der Waals surface area contributed by atoms with Crippen LogP contribution >= 0.6 is 0 Å². The highest BCUT2D eigenvalue weighted by Crippen LogP contribution is 2.18. The van der Waals surface area contributed by atoms with Crippen LogP contribution in [0.4, 0.5) is 11.4 Å². The van der Waals surface area contributed by atoms with Crippen molar-refractivity contribution in [3.05, 3.63) is 83.3 Å². The third-order valence-corrected chi connectivity index (χ3v) is 4.02. The Balaban J connectivity index is 1.64. The zero-order valence-corrected chi connectivity index (χ0v) is 16.4. The lowest BCUT2D eigenvalue weighted by molar-refractivity contribution is -0.136. The van der Waals surface area contributed by atoms with Crippen molar-refractivity contribution < 1.29 is 18.8 Å². The second-order valence-electron chi connectivity index (χ2n) is 6.47. The Morgan fingerprint density at radius 3 is 2.43 bits per heavy atom. The normalized spacial score (nSPS) is 10.6. The fourth-order valence-electron chi connectivity index (χ4n) is 2.62. The van der Waals surface area contributed by atoms with Crippen LogP contribution < -0.4 is 16.1 Å². The maximum atomic E-state index is 12.6. The summed E-state index contributed by atoms with van der Waals surface area (Å²) in [5, 5.41) is 8.88. The third kappa shape index (κ3) is 5.41. The molecular weight excluding hydrogens is 384 g/mol. The summed E-state index contributed by atoms with van der Waals surface area (Å²) in [4.78, 5) is 36.8. The Labute approximate surface area is 173 Å². The molecule has 0 aliphatic heterocycles. The lowest BCUT2D eigenvalue weighted by Gasteiger charge is -2.11. The molecule has 0 unspecified atom stereocenters. The predicted octanol–water partition coefficient (Wildman–Crippen LogP) is 3.24. The lowest BCUT2D eigenvalue weighted by Crippen LogP contribution is -2.33. The van der Waals surface area contributed by atoms with Gasteiger partial charge in [0, 0.05) is 5.69 Å². The molecule has 3 N–H and O–H groups in total. The number of hydrogen-bond donors (Lipinski definition) is 3. The van der Waals surface area contributed by atoms with Crippen molar-refractivity contribution in [1.82, 2.24) is 5.43 Å². The van der Waals surface area contributed by atoms with Gasteiger partial charge in [-0.15, -0.1) is 0 Å². The second kappa shape index (κ2) is 9.33. The smallest absolute Gasteiger partial charge is 0.329 e. The average molecular weight is 404 g/mol. The van der Waals surface area contributed by atoms with E-state index >= 15 is 0 Å². The first kappa shape index (κ1) is 20.5. The van der Waals surface area contributed by atoms with Gasteiger partial charge in [0.25, 0.3) is 5.91 Å². The summed E-state index contributed by atoms with van der Waals surface area (Å²) in [6.45, 7) is 3.69. The first-order chi connectivity index (χ1) is 14.4. The van der Waals surface area contributed by atoms with Crippen LogP contribution in [0.15, 0.2) is 70.2 Å². The van der Waals surface area contributed by atoms with E-state index in [0.717, 1.165) is 5.56 Å². The maximum absolute atomic E-state index is 12.6. The number of amides is 3. The number of para-hydroxylation sites is 1. The number of carbonyl (C=O) groups is 3. The number of hydrogen-bond acceptors (Lipinski definition) is 5. The molecule has 0 bridgehead atoms. The highest BCUT2D eigenvalue weighted by molar-refractivity contribution is 6.40. The van der Waals surface area contributed by atoms with Crippen molar-refractivity contribution in [2.75, 3.05) is 10.6 Å². The zero-order chi connectivity index (χ0) is 21.5. The van der Waals surface area contributed by atoms with E-state index in [1.165, 1.54) is 12.3 Å². The van der Waals surface area contributed by atoms with Crippen LogP contribution in [0.25, 0.3) is 0 Å². The number of benzene rings is 2. The second-order valence-corrected chi connectivity index (χ2v) is 6.47. The van der Waals surface area contributed by atoms with Gasteiger partial charge >= 0.3 is 11.8 Å². The maximum Gasteiger partial charge on any atom is 0.329 e. The predicted molar refractivity (Wildman–Crippen MR) is 113 cm³/mol. The van der Waals surface area contributed by atoms with Crippen LogP contribution in [0, 0.1) is 13.8 Å². The molecule has 152 valence electrons. The topological polar surface area (TPSA) is 113 Å². The molecule has 3 rings (SSSR count). The molecule has 0 saturated heterocycles. The number of furan rings is 1. The van der Waals surface area contributed by atoms with E-state index in [2.05, 4.69) is 21.2 Å². The molecule has 1 heterocycles. The van der Waals surface area contributed by atoms with Crippen molar-refractivity contribution in [1.29, 1.82) is 0 Å². The zero-order valence-electron chi connectivity index (χ0n) is 16.4. The molecule has 0 spiro atoms. The van der Waals surface area contributed by atoms with Crippen LogP contribution in [0.5, 0.6) is 0 Å². The van der Waals surface area contributed by atoms with Crippen LogP contribution in [0.3, 0.4) is 0 Å². The molecule has 3 amide bonds. The van der Waals surface area contributed by atoms with Crippen molar-refractivity contribution >= 4 is 35.3 Å². The van der Waals surface area contributed by atoms with E-state index in [1.807, 2.05) is 25.1 Å². The number of carbonyl (C=O) groups excluding carboxylic acids is 3. The van der Waals surface area contributed by atoms with E-state index in [1.54, 1.807) is 43.3 Å². The van der Waals surface area contributed by atoms with E-state index in [-0.39, 0.29) is 11.3 Å². The van der Waals surface area contributed by atoms with Gasteiger partial charge in [-0.2, -0.15) is 5.10 Å². The van der Waals surface area contributed by atoms with E-state index in [9.17, 15) is 14.4 Å². The fraction of sp³-hybridized carbons (Fsp3) is 0.0909. The van der Waals surface area contributed by atoms with E-state index in [4.69, 9.17) is 4.42 Å². The van der Waals surface area contributed by atoms with Crippen LogP contribution in [-0.2, 0) is 9.59 Å². The Hall–Kier alpha value is -4.20. The Bertz CT molecular complexity index is 1120. The molecule has 0 aliphatic carbocycles. The van der Waals surface area contributed by atoms with Crippen molar-refractivity contribution in [2.24, 2.45) is 5.10 Å². The van der Waals surface area contributed by atoms with Gasteiger partial charge in [-0.3, -0.25) is 14.4 Å². The number of anilines is 2. The van der Waals surface area contributed by atoms with Crippen molar-refractivity contribution in [3.63, 3.8) is 0 Å². The van der Waals surface area contributed by atoms with Gasteiger partial charge in [0.1, 0.15) is 11.5 Å². The number of nitrogens with zero attached hydrogens (tertiary/aromatic N) is 1. The monoisotopic (exact) mass is 404 g/mol. The molecular formula is C22H20N4O4. The summed E-state index contributed by atoms with van der Waals surface area (Å²) in [6, 6.07) is 17.1. The standard InChI is InChI=1S/C22H20N4O4/c1-14-6-5-7-16(12-14)24-20(27)18-8-3-4-9-19(18)25-21(28)22(29)26-23-13-17-11-10-15(2)30-17/h3-13H,1-2H3,(H,24,27)(H,25,28)(H,26,29). The SMILES string of the molecule is Cc1cccc(NC(=O)c2ccccc2NC(=O)C(=O)NN=Cc2ccc(C)o2)c1. The van der Waals surface area contributed by atoms with Gasteiger partial charge < -0.3 is 15.1 Å². The minimum atomic E-state index is -0.983. The van der Waals surface area contributed by atoms with Crippen LogP contribution in [0.1, 0.15) is 27.4 Å². The third-order valence-electron chi connectivity index (χ3n) is 4.02. The molecule has 0 fully saturated rings. The number of hydrazone groups is 1. The Morgan fingerprint density at radius 2 is 1.70 bits per heavy atom. The summed E-state index contributed by atoms with van der Waals surface area (Å²) in [7, 11) is 0. The highest BCUT2D eigenvalue weighted by atomic mass is 16.3. The van der Waals surface area contributed by atoms with Gasteiger partial charge in [-0.1, -0.05) is 24.3 Å². The van der Waals surface area contributed by atoms with Gasteiger partial charge in [0.2, 0.25) is 0 Å². The molecule has 0 radical (unpaired) electrons. The average Bonchev–Trinajstić information content (AvgIpc) is 3.13. The molecule has 2 aromatic carbocycles. The number of nitrogens with one attached hydrogen (secondary N) is 3. The van der Waals surface area contributed by atoms with Crippen molar-refractivity contribution in [2.45, 2.75) is 13.8 Å². The van der Waals surface area contributed by atoms with Crippen molar-refractivity contribution in [3.8, 4) is 0 Å². The lowest BCUT2D eigenvalue weighted by atomic mass is 10.1. The number of aryl methyl sites for hydroxylation is 2. The van der Waals surface area contributed by atoms with E-state index in [0.29, 0.717) is 17.2 Å². The minimum Gasteiger partial charge on any atom is -0.460 e. The van der Waals surface area contributed by atoms with Gasteiger partial charge in [-0.25, -0.2) is 5.43 Å². The first-order valence-corrected chi connectivity index (χ1v) is 9.10. The van der Waals surface area contributed by atoms with E-state index < -0.39 is 17.7 Å². The van der Waals surface area contributed by atoms with Crippen LogP contribution in [0.2, 0.25) is 0 Å². The summed E-state index contributed by atoms with van der Waals surface area (Å²) in [6.07, 6.45) is 1.28. The molecule has 1 aromatic heterocycles. The molecule has 30 heavy (non-hydrogen) atoms. The number of rotatable bonds is 5. The molecule has 0 atom stereocenters. The summed E-state index contributed by atoms with van der Waals surface area (Å²) in [5.41, 5.74) is 4.16. The van der Waals surface area contributed by atoms with Gasteiger partial charge in [0.05, 0.1) is 17.5 Å². The molecule has 0 saturated carbocycles. The first-order valence-electron chi connectivity index (χ1n) is 9.10. The molecule has 8 nitrogen and oxygen atoms in total. The quantitative estimate of drug-likeness (QED) is 0.344. The summed E-state index contributed by atoms with van der Waals surface area (Å²) < 4.78 is 5.27. The van der Waals surface area contributed by atoms with Gasteiger partial charge in [0.15, 0.2) is 0 Å². The summed E-state index contributed by atoms with van der Waals surface area (Å²) in [5.74, 6) is -1.22. The highest BCUT2D eigenvalue weighted by Gasteiger charge is 2.17. The largest absolute Gasteiger partial charge is 0.460 e. The summed E-state index contributed by atoms with van der Waals surface area (Å²) >= 11 is 0. The Morgan fingerprint density at radius 1 is 0.900 bits per heavy atom. The Kier molecular flexibility index (Phi) is 6.39. The van der Waals surface area contributed by atoms with Crippen LogP contribution in [-0.4, -0.2) is 23.9 Å². The molecule has 8 heteroatoms. The molecule has 3 aromatic rings. The minimum absolute atomic E-state index is 0.202. The fourth-order valence-corrected chi connectivity index (χ4v) is 2.62. The molecule has 0 aliphatic rings.